The van der Waals surface area contributed by atoms with Gasteiger partial charge in [-0.25, -0.2) is 0 Å². The number of pyridine rings is 1. The van der Waals surface area contributed by atoms with Gasteiger partial charge in [0.05, 0.1) is 10.9 Å². The molecule has 1 aliphatic heterocycles. The number of hydrogen-bond donors (Lipinski definition) is 2. The number of benzene rings is 1. The first-order chi connectivity index (χ1) is 14.4. The summed E-state index contributed by atoms with van der Waals surface area (Å²) in [5, 5.41) is 6.11. The van der Waals surface area contributed by atoms with Crippen LogP contribution in [0.25, 0.3) is 10.9 Å². The standard InChI is InChI=1S/C22H29N3O5/c1-4-25-12-16(21(27)15-10-18-19(11-17(15)25)30-13-29-18)22(28)23-9-7-5-6-8-20(26)24-14(2)3/h10-12,14H,4-9,13H2,1-3H3,(H,23,28)(H,24,26). The van der Waals surface area contributed by atoms with Crippen molar-refractivity contribution in [3.63, 3.8) is 0 Å². The Bertz CT molecular complexity index is 996. The highest BCUT2D eigenvalue weighted by atomic mass is 16.7. The van der Waals surface area contributed by atoms with Crippen LogP contribution in [-0.2, 0) is 11.3 Å². The van der Waals surface area contributed by atoms with Crippen LogP contribution in [0.2, 0.25) is 0 Å². The van der Waals surface area contributed by atoms with Crippen LogP contribution in [0.3, 0.4) is 0 Å². The first-order valence-corrected chi connectivity index (χ1v) is 10.4. The molecule has 0 saturated carbocycles. The normalized spacial score (nSPS) is 12.4. The van der Waals surface area contributed by atoms with Crippen molar-refractivity contribution >= 4 is 22.7 Å². The van der Waals surface area contributed by atoms with Crippen LogP contribution in [0, 0.1) is 0 Å². The summed E-state index contributed by atoms with van der Waals surface area (Å²) in [5.41, 5.74) is 0.498. The van der Waals surface area contributed by atoms with E-state index in [-0.39, 0.29) is 35.6 Å². The Kier molecular flexibility index (Phi) is 6.97. The molecule has 2 aromatic rings. The molecule has 0 fully saturated rings. The largest absolute Gasteiger partial charge is 0.454 e. The lowest BCUT2D eigenvalue weighted by Crippen LogP contribution is -2.31. The molecule has 8 nitrogen and oxygen atoms in total. The van der Waals surface area contributed by atoms with E-state index in [1.54, 1.807) is 18.3 Å². The lowest BCUT2D eigenvalue weighted by atomic mass is 10.1. The zero-order chi connectivity index (χ0) is 21.7. The molecule has 2 N–H and O–H groups in total. The van der Waals surface area contributed by atoms with Gasteiger partial charge in [0, 0.05) is 37.8 Å². The van der Waals surface area contributed by atoms with Gasteiger partial charge in [-0.05, 0) is 39.7 Å². The number of aromatic nitrogens is 1. The lowest BCUT2D eigenvalue weighted by Gasteiger charge is -2.12. The Morgan fingerprint density at radius 1 is 1.13 bits per heavy atom. The summed E-state index contributed by atoms with van der Waals surface area (Å²) in [5.74, 6) is 0.773. The maximum absolute atomic E-state index is 12.9. The van der Waals surface area contributed by atoms with Gasteiger partial charge in [0.1, 0.15) is 5.56 Å². The van der Waals surface area contributed by atoms with Crippen molar-refractivity contribution in [1.29, 1.82) is 0 Å². The van der Waals surface area contributed by atoms with Crippen molar-refractivity contribution in [1.82, 2.24) is 15.2 Å². The van der Waals surface area contributed by atoms with Crippen molar-refractivity contribution in [3.8, 4) is 11.5 Å². The molecule has 0 spiro atoms. The summed E-state index contributed by atoms with van der Waals surface area (Å²) in [6.45, 7) is 7.00. The third-order valence-corrected chi connectivity index (χ3v) is 4.98. The molecule has 0 unspecified atom stereocenters. The molecule has 2 amide bonds. The van der Waals surface area contributed by atoms with Gasteiger partial charge in [-0.3, -0.25) is 14.4 Å². The predicted octanol–water partition coefficient (Wildman–Crippen LogP) is 2.56. The monoisotopic (exact) mass is 415 g/mol. The van der Waals surface area contributed by atoms with Gasteiger partial charge in [0.15, 0.2) is 11.5 Å². The molecular formula is C22H29N3O5. The Balaban J connectivity index is 1.61. The molecule has 1 aliphatic rings. The third kappa shape index (κ3) is 4.93. The average Bonchev–Trinajstić information content (AvgIpc) is 3.16. The Morgan fingerprint density at radius 3 is 2.57 bits per heavy atom. The highest BCUT2D eigenvalue weighted by Gasteiger charge is 2.20. The van der Waals surface area contributed by atoms with E-state index in [9.17, 15) is 14.4 Å². The van der Waals surface area contributed by atoms with Gasteiger partial charge in [-0.2, -0.15) is 0 Å². The quantitative estimate of drug-likeness (QED) is 0.614. The second kappa shape index (κ2) is 9.65. The Morgan fingerprint density at radius 2 is 1.87 bits per heavy atom. The van der Waals surface area contributed by atoms with Crippen molar-refractivity contribution in [3.05, 3.63) is 34.1 Å². The fourth-order valence-corrected chi connectivity index (χ4v) is 3.48. The van der Waals surface area contributed by atoms with E-state index in [0.717, 1.165) is 19.3 Å². The number of nitrogens with zero attached hydrogens (tertiary/aromatic N) is 1. The van der Waals surface area contributed by atoms with E-state index in [2.05, 4.69) is 10.6 Å². The topological polar surface area (TPSA) is 98.7 Å². The molecule has 0 aliphatic carbocycles. The highest BCUT2D eigenvalue weighted by molar-refractivity contribution is 5.97. The minimum Gasteiger partial charge on any atom is -0.454 e. The fraction of sp³-hybridized carbons (Fsp3) is 0.500. The predicted molar refractivity (Wildman–Crippen MR) is 114 cm³/mol. The lowest BCUT2D eigenvalue weighted by molar-refractivity contribution is -0.121. The second-order valence-corrected chi connectivity index (χ2v) is 7.67. The van der Waals surface area contributed by atoms with Crippen LogP contribution >= 0.6 is 0 Å². The Hall–Kier alpha value is -3.03. The van der Waals surface area contributed by atoms with Crippen LogP contribution in [0.1, 0.15) is 56.8 Å². The molecule has 0 saturated heterocycles. The summed E-state index contributed by atoms with van der Waals surface area (Å²) < 4.78 is 12.6. The van der Waals surface area contributed by atoms with Gasteiger partial charge in [-0.1, -0.05) is 6.42 Å². The first-order valence-electron chi connectivity index (χ1n) is 10.4. The molecule has 0 radical (unpaired) electrons. The number of carbonyl (C=O) groups excluding carboxylic acids is 2. The number of hydrogen-bond acceptors (Lipinski definition) is 5. The SMILES string of the molecule is CCn1cc(C(=O)NCCCCCC(=O)NC(C)C)c(=O)c2cc3c(cc21)OCO3. The fourth-order valence-electron chi connectivity index (χ4n) is 3.48. The molecule has 162 valence electrons. The van der Waals surface area contributed by atoms with Gasteiger partial charge in [-0.15, -0.1) is 0 Å². The summed E-state index contributed by atoms with van der Waals surface area (Å²) >= 11 is 0. The van der Waals surface area contributed by atoms with E-state index < -0.39 is 0 Å². The summed E-state index contributed by atoms with van der Waals surface area (Å²) in [6, 6.07) is 3.57. The van der Waals surface area contributed by atoms with Crippen LogP contribution in [0.4, 0.5) is 0 Å². The van der Waals surface area contributed by atoms with Crippen molar-refractivity contribution < 1.29 is 19.1 Å². The first kappa shape index (κ1) is 21.7. The summed E-state index contributed by atoms with van der Waals surface area (Å²) in [6.07, 6.45) is 4.41. The number of aryl methyl sites for hydroxylation is 1. The van der Waals surface area contributed by atoms with Crippen LogP contribution in [0.5, 0.6) is 11.5 Å². The maximum Gasteiger partial charge on any atom is 0.256 e. The maximum atomic E-state index is 12.9. The van der Waals surface area contributed by atoms with Gasteiger partial charge >= 0.3 is 0 Å². The van der Waals surface area contributed by atoms with E-state index in [1.165, 1.54) is 0 Å². The van der Waals surface area contributed by atoms with Gasteiger partial charge in [0.2, 0.25) is 18.1 Å². The van der Waals surface area contributed by atoms with Crippen LogP contribution in [-0.4, -0.2) is 35.8 Å². The van der Waals surface area contributed by atoms with Crippen LogP contribution < -0.4 is 25.5 Å². The Labute approximate surface area is 175 Å². The minimum absolute atomic E-state index is 0.0474. The molecule has 0 atom stereocenters. The molecule has 3 rings (SSSR count). The minimum atomic E-state index is -0.390. The number of ether oxygens (including phenoxy) is 2. The molecule has 8 heteroatoms. The molecule has 2 heterocycles. The molecule has 1 aromatic heterocycles. The van der Waals surface area contributed by atoms with Crippen LogP contribution in [0.15, 0.2) is 23.1 Å². The van der Waals surface area contributed by atoms with Crippen molar-refractivity contribution in [2.75, 3.05) is 13.3 Å². The summed E-state index contributed by atoms with van der Waals surface area (Å²) in [7, 11) is 0. The van der Waals surface area contributed by atoms with E-state index in [0.29, 0.717) is 41.9 Å². The third-order valence-electron chi connectivity index (χ3n) is 4.98. The average molecular weight is 415 g/mol. The number of rotatable bonds is 9. The smallest absolute Gasteiger partial charge is 0.256 e. The zero-order valence-corrected chi connectivity index (χ0v) is 17.7. The van der Waals surface area contributed by atoms with Gasteiger partial charge < -0.3 is 24.7 Å². The van der Waals surface area contributed by atoms with Crippen molar-refractivity contribution in [2.45, 2.75) is 59.0 Å². The number of nitrogens with one attached hydrogen (secondary N) is 2. The van der Waals surface area contributed by atoms with E-state index in [4.69, 9.17) is 9.47 Å². The second-order valence-electron chi connectivity index (χ2n) is 7.67. The number of fused-ring (bicyclic) bond motifs is 2. The number of carbonyl (C=O) groups is 2. The van der Waals surface area contributed by atoms with Crippen molar-refractivity contribution in [2.24, 2.45) is 0 Å². The molecule has 30 heavy (non-hydrogen) atoms. The number of amides is 2. The molecule has 0 bridgehead atoms. The molecular weight excluding hydrogens is 386 g/mol. The van der Waals surface area contributed by atoms with Gasteiger partial charge in [0.25, 0.3) is 5.91 Å². The summed E-state index contributed by atoms with van der Waals surface area (Å²) in [4.78, 5) is 37.2. The molecule has 1 aromatic carbocycles. The zero-order valence-electron chi connectivity index (χ0n) is 17.7. The highest BCUT2D eigenvalue weighted by Crippen LogP contribution is 2.35. The number of unbranched alkanes of at least 4 members (excludes halogenated alkanes) is 2. The van der Waals surface area contributed by atoms with E-state index >= 15 is 0 Å². The van der Waals surface area contributed by atoms with E-state index in [1.807, 2.05) is 25.3 Å².